The number of hydrogen-bond acceptors (Lipinski definition) is 5. The molecule has 1 amide bonds. The first-order chi connectivity index (χ1) is 20.4. The fourth-order valence-electron chi connectivity index (χ4n) is 4.88. The average Bonchev–Trinajstić information content (AvgIpc) is 3.31. The van der Waals surface area contributed by atoms with Crippen LogP contribution < -0.4 is 5.32 Å². The molecular weight excluding hydrogens is 544 g/mol. The summed E-state index contributed by atoms with van der Waals surface area (Å²) in [5.74, 6) is -0.327. The lowest BCUT2D eigenvalue weighted by molar-refractivity contribution is -0.111. The summed E-state index contributed by atoms with van der Waals surface area (Å²) in [6.07, 6.45) is 3.67. The minimum atomic E-state index is -4.12. The van der Waals surface area contributed by atoms with Gasteiger partial charge < -0.3 is 9.88 Å². The molecule has 0 fully saturated rings. The van der Waals surface area contributed by atoms with E-state index in [1.165, 1.54) is 6.08 Å². The Morgan fingerprint density at radius 3 is 2.12 bits per heavy atom. The molecule has 2 heterocycles. The van der Waals surface area contributed by atoms with Crippen LogP contribution in [0.5, 0.6) is 0 Å². The molecule has 0 atom stereocenters. The van der Waals surface area contributed by atoms with Crippen LogP contribution in [-0.4, -0.2) is 28.9 Å². The first kappa shape index (κ1) is 27.1. The summed E-state index contributed by atoms with van der Waals surface area (Å²) in [6, 6.07) is 33.3. The van der Waals surface area contributed by atoms with Crippen LogP contribution in [0.4, 0.5) is 5.82 Å². The molecule has 1 N–H and O–H groups in total. The van der Waals surface area contributed by atoms with Crippen LogP contribution in [0.3, 0.4) is 0 Å². The Hall–Kier alpha value is -5.08. The van der Waals surface area contributed by atoms with Crippen molar-refractivity contribution in [3.63, 3.8) is 0 Å². The second-order valence-electron chi connectivity index (χ2n) is 10.00. The van der Waals surface area contributed by atoms with Gasteiger partial charge in [-0.1, -0.05) is 90.5 Å². The van der Waals surface area contributed by atoms with Gasteiger partial charge >= 0.3 is 0 Å². The van der Waals surface area contributed by atoms with E-state index < -0.39 is 15.7 Å². The maximum absolute atomic E-state index is 14.3. The van der Waals surface area contributed by atoms with Crippen LogP contribution in [0.1, 0.15) is 16.7 Å². The number of nitrogens with one attached hydrogen (secondary N) is 1. The van der Waals surface area contributed by atoms with E-state index in [4.69, 9.17) is 9.97 Å². The van der Waals surface area contributed by atoms with Crippen molar-refractivity contribution in [2.45, 2.75) is 29.7 Å². The van der Waals surface area contributed by atoms with Gasteiger partial charge in [-0.05, 0) is 54.8 Å². The number of rotatable bonds is 8. The highest BCUT2D eigenvalue weighted by atomic mass is 32.2. The van der Waals surface area contributed by atoms with Crippen molar-refractivity contribution >= 4 is 49.8 Å². The number of carbonyl (C=O) groups is 1. The first-order valence-corrected chi connectivity index (χ1v) is 15.1. The van der Waals surface area contributed by atoms with Gasteiger partial charge in [-0.2, -0.15) is 0 Å². The summed E-state index contributed by atoms with van der Waals surface area (Å²) in [5, 5.41) is 2.89. The number of hydrogen-bond donors (Lipinski definition) is 1. The lowest BCUT2D eigenvalue weighted by Crippen LogP contribution is -2.16. The molecule has 6 rings (SSSR count). The summed E-state index contributed by atoms with van der Waals surface area (Å²) >= 11 is 0. The van der Waals surface area contributed by atoms with Gasteiger partial charge in [0.2, 0.25) is 15.7 Å². The molecule has 0 saturated heterocycles. The molecule has 8 heteroatoms. The number of anilines is 1. The van der Waals surface area contributed by atoms with Gasteiger partial charge in [0.05, 0.1) is 15.9 Å². The van der Waals surface area contributed by atoms with Crippen molar-refractivity contribution in [3.05, 3.63) is 132 Å². The fourth-order valence-corrected chi connectivity index (χ4v) is 6.42. The molecule has 7 nitrogen and oxygen atoms in total. The Labute approximate surface area is 244 Å². The van der Waals surface area contributed by atoms with Gasteiger partial charge in [0.25, 0.3) is 0 Å². The molecule has 0 aliphatic rings. The Morgan fingerprint density at radius 2 is 1.43 bits per heavy atom. The van der Waals surface area contributed by atoms with Crippen LogP contribution in [0.25, 0.3) is 28.3 Å². The fraction of sp³-hybridized carbons (Fsp3) is 0.0882. The Kier molecular flexibility index (Phi) is 7.37. The molecular formula is C34H28N4O3S. The van der Waals surface area contributed by atoms with E-state index in [1.807, 2.05) is 85.8 Å². The molecule has 0 aliphatic heterocycles. The summed E-state index contributed by atoms with van der Waals surface area (Å²) in [5.41, 5.74) is 4.64. The van der Waals surface area contributed by atoms with Gasteiger partial charge in [-0.15, -0.1) is 0 Å². The third-order valence-corrected chi connectivity index (χ3v) is 8.86. The smallest absolute Gasteiger partial charge is 0.249 e. The van der Waals surface area contributed by atoms with Crippen molar-refractivity contribution < 1.29 is 13.2 Å². The summed E-state index contributed by atoms with van der Waals surface area (Å²) < 4.78 is 30.4. The van der Waals surface area contributed by atoms with Crippen LogP contribution in [-0.2, 0) is 27.6 Å². The van der Waals surface area contributed by atoms with Crippen molar-refractivity contribution in [3.8, 4) is 0 Å². The standard InChI is InChI=1S/C34H28N4O3S/c1-24-16-19-27(20-17-24)42(40,41)32-31-33(36-29-15-9-8-14-28(29)35-31)38(23-22-26-12-6-3-7-13-26)34(32)37-30(39)21-18-25-10-4-2-5-11-25/h2-21H,22-23H2,1H3,(H,37,39)/b21-18+. The van der Waals surface area contributed by atoms with E-state index >= 15 is 0 Å². The van der Waals surface area contributed by atoms with E-state index in [2.05, 4.69) is 5.32 Å². The summed E-state index contributed by atoms with van der Waals surface area (Å²) in [6.45, 7) is 2.27. The molecule has 6 aromatic rings. The third kappa shape index (κ3) is 5.44. The molecule has 4 aromatic carbocycles. The minimum Gasteiger partial charge on any atom is -0.309 e. The maximum atomic E-state index is 14.3. The van der Waals surface area contributed by atoms with Gasteiger partial charge in [0, 0.05) is 12.6 Å². The molecule has 0 radical (unpaired) electrons. The minimum absolute atomic E-state index is 0.0749. The Balaban J connectivity index is 1.56. The molecule has 208 valence electrons. The predicted molar refractivity (Wildman–Crippen MR) is 166 cm³/mol. The highest BCUT2D eigenvalue weighted by Gasteiger charge is 2.32. The predicted octanol–water partition coefficient (Wildman–Crippen LogP) is 6.62. The number of aryl methyl sites for hydroxylation is 3. The highest BCUT2D eigenvalue weighted by Crippen LogP contribution is 2.37. The van der Waals surface area contributed by atoms with Crippen molar-refractivity contribution in [2.24, 2.45) is 0 Å². The number of fused-ring (bicyclic) bond motifs is 2. The van der Waals surface area contributed by atoms with Crippen LogP contribution in [0.2, 0.25) is 0 Å². The number of aromatic nitrogens is 3. The second-order valence-corrected chi connectivity index (χ2v) is 11.9. The van der Waals surface area contributed by atoms with Crippen LogP contribution >= 0.6 is 0 Å². The number of para-hydroxylation sites is 2. The number of carbonyl (C=O) groups excluding carboxylic acids is 1. The van der Waals surface area contributed by atoms with E-state index in [-0.39, 0.29) is 21.1 Å². The maximum Gasteiger partial charge on any atom is 0.249 e. The first-order valence-electron chi connectivity index (χ1n) is 13.6. The number of benzene rings is 4. The van der Waals surface area contributed by atoms with Crippen LogP contribution in [0.15, 0.2) is 125 Å². The molecule has 0 spiro atoms. The van der Waals surface area contributed by atoms with Gasteiger partial charge in [-0.3, -0.25) is 4.79 Å². The number of amides is 1. The van der Waals surface area contributed by atoms with Gasteiger partial charge in [-0.25, -0.2) is 18.4 Å². The lowest BCUT2D eigenvalue weighted by Gasteiger charge is -2.13. The number of nitrogens with zero attached hydrogens (tertiary/aromatic N) is 3. The molecule has 0 bridgehead atoms. The topological polar surface area (TPSA) is 94.0 Å². The highest BCUT2D eigenvalue weighted by molar-refractivity contribution is 7.92. The molecule has 0 saturated carbocycles. The quantitative estimate of drug-likeness (QED) is 0.207. The second kappa shape index (κ2) is 11.4. The van der Waals surface area contributed by atoms with Crippen molar-refractivity contribution in [1.82, 2.24) is 14.5 Å². The van der Waals surface area contributed by atoms with Crippen molar-refractivity contribution in [1.29, 1.82) is 0 Å². The van der Waals surface area contributed by atoms with E-state index in [9.17, 15) is 13.2 Å². The van der Waals surface area contributed by atoms with E-state index in [1.54, 1.807) is 41.0 Å². The molecule has 42 heavy (non-hydrogen) atoms. The number of sulfone groups is 1. The summed E-state index contributed by atoms with van der Waals surface area (Å²) in [4.78, 5) is 23.0. The van der Waals surface area contributed by atoms with Gasteiger partial charge in [0.1, 0.15) is 16.2 Å². The molecule has 2 aromatic heterocycles. The normalized spacial score (nSPS) is 11.8. The zero-order chi connectivity index (χ0) is 29.1. The monoisotopic (exact) mass is 572 g/mol. The Morgan fingerprint density at radius 1 is 0.810 bits per heavy atom. The zero-order valence-corrected chi connectivity index (χ0v) is 23.8. The largest absolute Gasteiger partial charge is 0.309 e. The van der Waals surface area contributed by atoms with E-state index in [0.29, 0.717) is 29.6 Å². The van der Waals surface area contributed by atoms with Crippen LogP contribution in [0, 0.1) is 6.92 Å². The van der Waals surface area contributed by atoms with Gasteiger partial charge in [0.15, 0.2) is 5.65 Å². The Bertz CT molecular complexity index is 2030. The van der Waals surface area contributed by atoms with E-state index in [0.717, 1.165) is 16.7 Å². The van der Waals surface area contributed by atoms with Crippen molar-refractivity contribution in [2.75, 3.05) is 5.32 Å². The molecule has 0 aliphatic carbocycles. The zero-order valence-electron chi connectivity index (χ0n) is 22.9. The average molecular weight is 573 g/mol. The third-order valence-electron chi connectivity index (χ3n) is 7.04. The lowest BCUT2D eigenvalue weighted by atomic mass is 10.1. The SMILES string of the molecule is Cc1ccc(S(=O)(=O)c2c(NC(=O)/C=C/c3ccccc3)n(CCc3ccccc3)c3nc4ccccc4nc23)cc1. The summed E-state index contributed by atoms with van der Waals surface area (Å²) in [7, 11) is -4.12. The molecule has 0 unspecified atom stereocenters.